The summed E-state index contributed by atoms with van der Waals surface area (Å²) < 4.78 is 0. The molecule has 1 unspecified atom stereocenters. The summed E-state index contributed by atoms with van der Waals surface area (Å²) in [6.07, 6.45) is 3.57. The van der Waals surface area contributed by atoms with Crippen molar-refractivity contribution in [1.82, 2.24) is 9.97 Å². The van der Waals surface area contributed by atoms with E-state index in [1.807, 2.05) is 4.90 Å². The Morgan fingerprint density at radius 3 is 2.94 bits per heavy atom. The molecule has 7 heteroatoms. The van der Waals surface area contributed by atoms with Crippen molar-refractivity contribution in [3.8, 4) is 0 Å². The van der Waals surface area contributed by atoms with E-state index in [0.717, 1.165) is 25.9 Å². The van der Waals surface area contributed by atoms with Crippen LogP contribution >= 0.6 is 0 Å². The third kappa shape index (κ3) is 2.34. The minimum Gasteiger partial charge on any atom is -0.367 e. The molecular weight excluding hydrogens is 234 g/mol. The van der Waals surface area contributed by atoms with Gasteiger partial charge in [-0.3, -0.25) is 10.1 Å². The second-order valence-electron chi connectivity index (χ2n) is 4.60. The highest BCUT2D eigenvalue weighted by Crippen LogP contribution is 2.33. The fourth-order valence-corrected chi connectivity index (χ4v) is 2.33. The van der Waals surface area contributed by atoms with Crippen molar-refractivity contribution < 1.29 is 4.92 Å². The van der Waals surface area contributed by atoms with E-state index in [1.165, 1.54) is 6.33 Å². The molecule has 0 amide bonds. The lowest BCUT2D eigenvalue weighted by Gasteiger charge is -2.31. The standard InChI is InChI=1S/C11H17N5O2/c1-8-4-3-5-15(6-8)11-9(16(17)18)10(12-2)13-7-14-11/h7-8H,3-6H2,1-2H3,(H,12,13,14). The number of nitrogens with one attached hydrogen (secondary N) is 1. The van der Waals surface area contributed by atoms with Gasteiger partial charge in [0.25, 0.3) is 0 Å². The average molecular weight is 251 g/mol. The minimum atomic E-state index is -0.416. The molecule has 18 heavy (non-hydrogen) atoms. The predicted octanol–water partition coefficient (Wildman–Crippen LogP) is 1.66. The highest BCUT2D eigenvalue weighted by molar-refractivity contribution is 5.70. The highest BCUT2D eigenvalue weighted by atomic mass is 16.6. The maximum absolute atomic E-state index is 11.2. The van der Waals surface area contributed by atoms with Crippen LogP contribution in [-0.2, 0) is 0 Å². The molecule has 0 spiro atoms. The summed E-state index contributed by atoms with van der Waals surface area (Å²) in [5, 5.41) is 13.9. The van der Waals surface area contributed by atoms with Crippen LogP contribution in [0.3, 0.4) is 0 Å². The summed E-state index contributed by atoms with van der Waals surface area (Å²) in [5.74, 6) is 1.22. The van der Waals surface area contributed by atoms with Gasteiger partial charge in [-0.05, 0) is 18.8 Å². The second kappa shape index (κ2) is 5.16. The van der Waals surface area contributed by atoms with Crippen LogP contribution in [0.15, 0.2) is 6.33 Å². The second-order valence-corrected chi connectivity index (χ2v) is 4.60. The zero-order valence-electron chi connectivity index (χ0n) is 10.6. The third-order valence-corrected chi connectivity index (χ3v) is 3.18. The zero-order valence-corrected chi connectivity index (χ0v) is 10.6. The smallest absolute Gasteiger partial charge is 0.353 e. The number of nitrogens with zero attached hydrogens (tertiary/aromatic N) is 4. The number of piperidine rings is 1. The lowest BCUT2D eigenvalue weighted by Crippen LogP contribution is -2.35. The third-order valence-electron chi connectivity index (χ3n) is 3.18. The van der Waals surface area contributed by atoms with Gasteiger partial charge >= 0.3 is 5.69 Å². The van der Waals surface area contributed by atoms with Crippen molar-refractivity contribution in [3.63, 3.8) is 0 Å². The van der Waals surface area contributed by atoms with Gasteiger partial charge in [0.2, 0.25) is 11.6 Å². The Kier molecular flexibility index (Phi) is 3.59. The number of nitro groups is 1. The SMILES string of the molecule is CNc1ncnc(N2CCCC(C)C2)c1[N+](=O)[O-]. The Morgan fingerprint density at radius 2 is 2.33 bits per heavy atom. The Balaban J connectivity index is 2.40. The van der Waals surface area contributed by atoms with Gasteiger partial charge in [-0.15, -0.1) is 0 Å². The van der Waals surface area contributed by atoms with Gasteiger partial charge in [0.1, 0.15) is 6.33 Å². The molecule has 1 aliphatic rings. The summed E-state index contributed by atoms with van der Waals surface area (Å²) in [4.78, 5) is 20.8. The Bertz CT molecular complexity index is 451. The van der Waals surface area contributed by atoms with Crippen molar-refractivity contribution in [2.45, 2.75) is 19.8 Å². The van der Waals surface area contributed by atoms with Crippen molar-refractivity contribution in [3.05, 3.63) is 16.4 Å². The molecule has 0 radical (unpaired) electrons. The topological polar surface area (TPSA) is 84.2 Å². The fraction of sp³-hybridized carbons (Fsp3) is 0.636. The van der Waals surface area contributed by atoms with Crippen LogP contribution in [0.2, 0.25) is 0 Å². The Labute approximate surface area is 105 Å². The minimum absolute atomic E-state index is 0.0332. The quantitative estimate of drug-likeness (QED) is 0.649. The highest BCUT2D eigenvalue weighted by Gasteiger charge is 2.28. The monoisotopic (exact) mass is 251 g/mol. The summed E-state index contributed by atoms with van der Waals surface area (Å²) in [6, 6.07) is 0. The number of rotatable bonds is 3. The lowest BCUT2D eigenvalue weighted by atomic mass is 10.0. The molecule has 98 valence electrons. The van der Waals surface area contributed by atoms with Crippen molar-refractivity contribution in [2.75, 3.05) is 30.4 Å². The largest absolute Gasteiger partial charge is 0.367 e. The van der Waals surface area contributed by atoms with Crippen LogP contribution in [0.1, 0.15) is 19.8 Å². The zero-order chi connectivity index (χ0) is 13.1. The first kappa shape index (κ1) is 12.5. The van der Waals surface area contributed by atoms with Gasteiger partial charge in [0.05, 0.1) is 4.92 Å². The van der Waals surface area contributed by atoms with Gasteiger partial charge in [0.15, 0.2) is 0 Å². The molecule has 1 aromatic heterocycles. The van der Waals surface area contributed by atoms with Crippen molar-refractivity contribution in [1.29, 1.82) is 0 Å². The van der Waals surface area contributed by atoms with E-state index in [2.05, 4.69) is 22.2 Å². The molecule has 7 nitrogen and oxygen atoms in total. The fourth-order valence-electron chi connectivity index (χ4n) is 2.33. The summed E-state index contributed by atoms with van der Waals surface area (Å²) in [5.41, 5.74) is -0.0332. The first-order valence-corrected chi connectivity index (χ1v) is 6.05. The van der Waals surface area contributed by atoms with E-state index in [-0.39, 0.29) is 11.5 Å². The van der Waals surface area contributed by atoms with E-state index in [4.69, 9.17) is 0 Å². The van der Waals surface area contributed by atoms with E-state index < -0.39 is 4.92 Å². The number of hydrogen-bond acceptors (Lipinski definition) is 6. The van der Waals surface area contributed by atoms with Gasteiger partial charge in [0, 0.05) is 20.1 Å². The summed E-state index contributed by atoms with van der Waals surface area (Å²) >= 11 is 0. The maximum atomic E-state index is 11.2. The molecule has 0 aromatic carbocycles. The van der Waals surface area contributed by atoms with E-state index >= 15 is 0 Å². The van der Waals surface area contributed by atoms with Gasteiger partial charge < -0.3 is 10.2 Å². The average Bonchev–Trinajstić information content (AvgIpc) is 2.37. The van der Waals surface area contributed by atoms with Crippen LogP contribution in [-0.4, -0.2) is 35.0 Å². The van der Waals surface area contributed by atoms with Crippen molar-refractivity contribution in [2.24, 2.45) is 5.92 Å². The van der Waals surface area contributed by atoms with Crippen LogP contribution in [0, 0.1) is 16.0 Å². The van der Waals surface area contributed by atoms with Gasteiger partial charge in [-0.25, -0.2) is 9.97 Å². The number of aromatic nitrogens is 2. The predicted molar refractivity (Wildman–Crippen MR) is 68.8 cm³/mol. The molecule has 1 fully saturated rings. The number of hydrogen-bond donors (Lipinski definition) is 1. The molecule has 0 aliphatic carbocycles. The molecular formula is C11H17N5O2. The molecule has 2 heterocycles. The molecule has 2 rings (SSSR count). The van der Waals surface area contributed by atoms with Crippen LogP contribution < -0.4 is 10.2 Å². The first-order chi connectivity index (χ1) is 8.63. The normalized spacial score (nSPS) is 19.7. The lowest BCUT2D eigenvalue weighted by molar-refractivity contribution is -0.383. The van der Waals surface area contributed by atoms with Gasteiger partial charge in [-0.2, -0.15) is 0 Å². The van der Waals surface area contributed by atoms with E-state index in [9.17, 15) is 10.1 Å². The molecule has 1 saturated heterocycles. The van der Waals surface area contributed by atoms with Gasteiger partial charge in [-0.1, -0.05) is 6.92 Å². The molecule has 0 bridgehead atoms. The van der Waals surface area contributed by atoms with E-state index in [1.54, 1.807) is 7.05 Å². The molecule has 1 atom stereocenters. The maximum Gasteiger partial charge on any atom is 0.353 e. The van der Waals surface area contributed by atoms with Crippen LogP contribution in [0.25, 0.3) is 0 Å². The first-order valence-electron chi connectivity index (χ1n) is 6.05. The summed E-state index contributed by atoms with van der Waals surface area (Å²) in [7, 11) is 1.62. The van der Waals surface area contributed by atoms with E-state index in [0.29, 0.717) is 11.7 Å². The molecule has 0 saturated carbocycles. The summed E-state index contributed by atoms with van der Waals surface area (Å²) in [6.45, 7) is 3.77. The van der Waals surface area contributed by atoms with Crippen molar-refractivity contribution >= 4 is 17.3 Å². The Hall–Kier alpha value is -1.92. The molecule has 1 aliphatic heterocycles. The van der Waals surface area contributed by atoms with Crippen LogP contribution in [0.4, 0.5) is 17.3 Å². The molecule has 1 aromatic rings. The Morgan fingerprint density at radius 1 is 1.56 bits per heavy atom. The molecule has 1 N–H and O–H groups in total. The number of anilines is 2. The van der Waals surface area contributed by atoms with Crippen LogP contribution in [0.5, 0.6) is 0 Å².